The van der Waals surface area contributed by atoms with Crippen molar-refractivity contribution >= 4 is 34.7 Å². The van der Waals surface area contributed by atoms with E-state index in [2.05, 4.69) is 10.3 Å². The summed E-state index contributed by atoms with van der Waals surface area (Å²) in [7, 11) is 0. The predicted octanol–water partition coefficient (Wildman–Crippen LogP) is 3.30. The number of amides is 1. The largest absolute Gasteiger partial charge is 0.454 e. The molecule has 1 aliphatic rings. The van der Waals surface area contributed by atoms with Crippen LogP contribution in [0.25, 0.3) is 0 Å². The van der Waals surface area contributed by atoms with Gasteiger partial charge in [-0.2, -0.15) is 0 Å². The van der Waals surface area contributed by atoms with Crippen LogP contribution in [-0.4, -0.2) is 23.4 Å². The summed E-state index contributed by atoms with van der Waals surface area (Å²) in [5.41, 5.74) is 1.74. The number of carbonyl (C=O) groups is 1. The van der Waals surface area contributed by atoms with Crippen LogP contribution in [0.5, 0.6) is 11.5 Å². The van der Waals surface area contributed by atoms with Gasteiger partial charge in [-0.15, -0.1) is 11.3 Å². The number of benzene rings is 1. The number of thiazole rings is 1. The molecular formula is C14H14N2O3S2. The summed E-state index contributed by atoms with van der Waals surface area (Å²) in [5.74, 6) is 2.07. The number of thioether (sulfide) groups is 1. The fourth-order valence-electron chi connectivity index (χ4n) is 1.83. The third kappa shape index (κ3) is 3.68. The third-order valence-corrected chi connectivity index (χ3v) is 4.95. The van der Waals surface area contributed by atoms with Crippen LogP contribution in [0.3, 0.4) is 0 Å². The molecule has 0 bridgehead atoms. The van der Waals surface area contributed by atoms with Crippen molar-refractivity contribution in [2.24, 2.45) is 0 Å². The van der Waals surface area contributed by atoms with Gasteiger partial charge in [0.25, 0.3) is 0 Å². The SMILES string of the molecule is Cc1csc(SCCC(=O)Nc2ccc3c(c2)OCO3)n1. The van der Waals surface area contributed by atoms with E-state index in [-0.39, 0.29) is 12.7 Å². The number of aryl methyl sites for hydroxylation is 1. The van der Waals surface area contributed by atoms with Crippen LogP contribution < -0.4 is 14.8 Å². The molecule has 0 saturated carbocycles. The van der Waals surface area contributed by atoms with E-state index in [9.17, 15) is 4.79 Å². The molecule has 0 aliphatic carbocycles. The van der Waals surface area contributed by atoms with Crippen LogP contribution in [0.1, 0.15) is 12.1 Å². The first-order valence-corrected chi connectivity index (χ1v) is 8.32. The molecule has 0 atom stereocenters. The molecule has 0 unspecified atom stereocenters. The molecule has 21 heavy (non-hydrogen) atoms. The second-order valence-electron chi connectivity index (χ2n) is 4.47. The number of anilines is 1. The molecule has 2 aromatic rings. The molecule has 0 saturated heterocycles. The maximum Gasteiger partial charge on any atom is 0.231 e. The Morgan fingerprint density at radius 3 is 3.10 bits per heavy atom. The fourth-order valence-corrected chi connectivity index (χ4v) is 3.69. The molecule has 0 fully saturated rings. The van der Waals surface area contributed by atoms with Gasteiger partial charge in [-0.25, -0.2) is 4.98 Å². The number of aromatic nitrogens is 1. The average molecular weight is 322 g/mol. The second-order valence-corrected chi connectivity index (χ2v) is 6.67. The summed E-state index contributed by atoms with van der Waals surface area (Å²) in [5, 5.41) is 4.87. The van der Waals surface area contributed by atoms with Gasteiger partial charge in [0.2, 0.25) is 12.7 Å². The summed E-state index contributed by atoms with van der Waals surface area (Å²) in [6.07, 6.45) is 0.442. The highest BCUT2D eigenvalue weighted by Gasteiger charge is 2.14. The van der Waals surface area contributed by atoms with Crippen LogP contribution in [0, 0.1) is 6.92 Å². The molecule has 1 N–H and O–H groups in total. The zero-order valence-corrected chi connectivity index (χ0v) is 13.1. The van der Waals surface area contributed by atoms with Crippen molar-refractivity contribution < 1.29 is 14.3 Å². The predicted molar refractivity (Wildman–Crippen MR) is 83.4 cm³/mol. The maximum absolute atomic E-state index is 11.9. The number of nitrogens with zero attached hydrogens (tertiary/aromatic N) is 1. The number of carbonyl (C=O) groups excluding carboxylic acids is 1. The van der Waals surface area contributed by atoms with Gasteiger partial charge in [-0.1, -0.05) is 11.8 Å². The Hall–Kier alpha value is -1.73. The molecule has 1 aromatic heterocycles. The second kappa shape index (κ2) is 6.36. The first-order valence-electron chi connectivity index (χ1n) is 6.45. The lowest BCUT2D eigenvalue weighted by Crippen LogP contribution is -2.12. The highest BCUT2D eigenvalue weighted by atomic mass is 32.2. The Labute approximate surface area is 130 Å². The Morgan fingerprint density at radius 2 is 2.29 bits per heavy atom. The van der Waals surface area contributed by atoms with Gasteiger partial charge < -0.3 is 14.8 Å². The third-order valence-electron chi connectivity index (χ3n) is 2.81. The van der Waals surface area contributed by atoms with Gasteiger partial charge in [0.15, 0.2) is 11.5 Å². The van der Waals surface area contributed by atoms with Crippen molar-refractivity contribution in [3.63, 3.8) is 0 Å². The number of fused-ring (bicyclic) bond motifs is 1. The van der Waals surface area contributed by atoms with E-state index in [4.69, 9.17) is 9.47 Å². The molecule has 1 amide bonds. The quantitative estimate of drug-likeness (QED) is 0.856. The number of rotatable bonds is 5. The maximum atomic E-state index is 11.9. The molecule has 110 valence electrons. The van der Waals surface area contributed by atoms with Crippen molar-refractivity contribution in [1.29, 1.82) is 0 Å². The standard InChI is InChI=1S/C14H14N2O3S2/c1-9-7-21-14(15-9)20-5-4-13(17)16-10-2-3-11-12(6-10)19-8-18-11/h2-3,6-7H,4-5,8H2,1H3,(H,16,17). The average Bonchev–Trinajstić information content (AvgIpc) is 3.07. The molecule has 0 spiro atoms. The fraction of sp³-hybridized carbons (Fsp3) is 0.286. The Kier molecular flexibility index (Phi) is 4.31. The minimum Gasteiger partial charge on any atom is -0.454 e. The van der Waals surface area contributed by atoms with Gasteiger partial charge in [0.05, 0.1) is 0 Å². The number of hydrogen-bond donors (Lipinski definition) is 1. The van der Waals surface area contributed by atoms with E-state index in [0.29, 0.717) is 23.7 Å². The minimum atomic E-state index is -0.0188. The molecule has 3 rings (SSSR count). The number of hydrogen-bond acceptors (Lipinski definition) is 6. The highest BCUT2D eigenvalue weighted by molar-refractivity contribution is 8.01. The van der Waals surface area contributed by atoms with E-state index < -0.39 is 0 Å². The van der Waals surface area contributed by atoms with E-state index in [1.54, 1.807) is 35.2 Å². The van der Waals surface area contributed by atoms with Crippen LogP contribution in [0.4, 0.5) is 5.69 Å². The number of nitrogens with one attached hydrogen (secondary N) is 1. The van der Waals surface area contributed by atoms with Gasteiger partial charge in [0.1, 0.15) is 4.34 Å². The molecule has 1 aromatic carbocycles. The lowest BCUT2D eigenvalue weighted by Gasteiger charge is -2.05. The van der Waals surface area contributed by atoms with Crippen LogP contribution in [-0.2, 0) is 4.79 Å². The van der Waals surface area contributed by atoms with Crippen LogP contribution in [0.15, 0.2) is 27.9 Å². The topological polar surface area (TPSA) is 60.5 Å². The van der Waals surface area contributed by atoms with Gasteiger partial charge in [-0.05, 0) is 19.1 Å². The van der Waals surface area contributed by atoms with Gasteiger partial charge >= 0.3 is 0 Å². The summed E-state index contributed by atoms with van der Waals surface area (Å²) in [6.45, 7) is 2.20. The van der Waals surface area contributed by atoms with E-state index in [1.807, 2.05) is 18.4 Å². The molecule has 5 nitrogen and oxygen atoms in total. The first-order chi connectivity index (χ1) is 10.2. The highest BCUT2D eigenvalue weighted by Crippen LogP contribution is 2.34. The monoisotopic (exact) mass is 322 g/mol. The van der Waals surface area contributed by atoms with Gasteiger partial charge in [0, 0.05) is 35.0 Å². The summed E-state index contributed by atoms with van der Waals surface area (Å²) in [4.78, 5) is 16.2. The normalized spacial score (nSPS) is 12.4. The Balaban J connectivity index is 1.48. The van der Waals surface area contributed by atoms with Crippen molar-refractivity contribution in [3.8, 4) is 11.5 Å². The number of ether oxygens (including phenoxy) is 2. The van der Waals surface area contributed by atoms with Crippen molar-refractivity contribution in [1.82, 2.24) is 4.98 Å². The molecule has 7 heteroatoms. The first kappa shape index (κ1) is 14.2. The molecular weight excluding hydrogens is 308 g/mol. The summed E-state index contributed by atoms with van der Waals surface area (Å²) >= 11 is 3.21. The Bertz CT molecular complexity index is 657. The van der Waals surface area contributed by atoms with E-state index in [0.717, 1.165) is 15.7 Å². The Morgan fingerprint density at radius 1 is 1.43 bits per heavy atom. The van der Waals surface area contributed by atoms with Crippen LogP contribution >= 0.6 is 23.1 Å². The lowest BCUT2D eigenvalue weighted by atomic mass is 10.2. The smallest absolute Gasteiger partial charge is 0.231 e. The summed E-state index contributed by atoms with van der Waals surface area (Å²) in [6, 6.07) is 5.38. The van der Waals surface area contributed by atoms with E-state index >= 15 is 0 Å². The lowest BCUT2D eigenvalue weighted by molar-refractivity contribution is -0.115. The van der Waals surface area contributed by atoms with Crippen molar-refractivity contribution in [2.75, 3.05) is 17.9 Å². The van der Waals surface area contributed by atoms with Crippen molar-refractivity contribution in [2.45, 2.75) is 17.7 Å². The minimum absolute atomic E-state index is 0.0188. The summed E-state index contributed by atoms with van der Waals surface area (Å²) < 4.78 is 11.5. The van der Waals surface area contributed by atoms with E-state index in [1.165, 1.54) is 0 Å². The molecule has 2 heterocycles. The zero-order valence-electron chi connectivity index (χ0n) is 11.4. The van der Waals surface area contributed by atoms with Crippen LogP contribution in [0.2, 0.25) is 0 Å². The zero-order chi connectivity index (χ0) is 14.7. The van der Waals surface area contributed by atoms with Crippen molar-refractivity contribution in [3.05, 3.63) is 29.3 Å². The molecule has 0 radical (unpaired) electrons. The molecule has 1 aliphatic heterocycles. The van der Waals surface area contributed by atoms with Gasteiger partial charge in [-0.3, -0.25) is 4.79 Å².